The number of carbonyl (C=O) groups is 1. The zero-order valence-electron chi connectivity index (χ0n) is 13.8. The van der Waals surface area contributed by atoms with Gasteiger partial charge in [-0.2, -0.15) is 4.98 Å². The average Bonchev–Trinajstić information content (AvgIpc) is 3.41. The van der Waals surface area contributed by atoms with E-state index in [-0.39, 0.29) is 17.6 Å². The van der Waals surface area contributed by atoms with Gasteiger partial charge in [-0.15, -0.1) is 11.8 Å². The van der Waals surface area contributed by atoms with E-state index >= 15 is 0 Å². The van der Waals surface area contributed by atoms with Crippen LogP contribution in [0.4, 0.5) is 4.39 Å². The third kappa shape index (κ3) is 3.65. The van der Waals surface area contributed by atoms with Crippen molar-refractivity contribution in [2.24, 2.45) is 0 Å². The van der Waals surface area contributed by atoms with Gasteiger partial charge in [0.25, 0.3) is 5.89 Å². The number of carbonyl (C=O) groups excluding carboxylic acids is 1. The summed E-state index contributed by atoms with van der Waals surface area (Å²) in [4.78, 5) is 19.5. The predicted octanol–water partition coefficient (Wildman–Crippen LogP) is 3.58. The molecule has 2 aromatic heterocycles. The van der Waals surface area contributed by atoms with Crippen LogP contribution in [0.3, 0.4) is 0 Å². The number of hydrogen-bond donors (Lipinski definition) is 0. The first-order chi connectivity index (χ1) is 12.7. The fraction of sp³-hybridized carbons (Fsp3) is 0.278. The molecule has 8 heteroatoms. The molecule has 1 aliphatic rings. The largest absolute Gasteiger partial charge is 0.459 e. The van der Waals surface area contributed by atoms with Crippen molar-refractivity contribution in [1.29, 1.82) is 0 Å². The van der Waals surface area contributed by atoms with Crippen molar-refractivity contribution in [3.05, 3.63) is 54.3 Å². The Hall–Kier alpha value is -2.61. The Morgan fingerprint density at radius 1 is 1.31 bits per heavy atom. The van der Waals surface area contributed by atoms with Crippen LogP contribution in [0.2, 0.25) is 0 Å². The Balaban J connectivity index is 1.33. The van der Waals surface area contributed by atoms with E-state index in [1.54, 1.807) is 30.5 Å². The molecule has 0 radical (unpaired) electrons. The number of furan rings is 1. The lowest BCUT2D eigenvalue weighted by Crippen LogP contribution is -2.30. The molecule has 3 heterocycles. The number of amides is 1. The van der Waals surface area contributed by atoms with Gasteiger partial charge in [-0.1, -0.05) is 5.16 Å². The van der Waals surface area contributed by atoms with Crippen LogP contribution in [0.25, 0.3) is 11.7 Å². The molecule has 0 spiro atoms. The number of hydrogen-bond acceptors (Lipinski definition) is 6. The molecule has 1 aliphatic heterocycles. The summed E-state index contributed by atoms with van der Waals surface area (Å²) in [7, 11) is 0. The van der Waals surface area contributed by atoms with Crippen molar-refractivity contribution in [1.82, 2.24) is 15.0 Å². The van der Waals surface area contributed by atoms with Gasteiger partial charge in [0.05, 0.1) is 12.0 Å². The van der Waals surface area contributed by atoms with Crippen molar-refractivity contribution < 1.29 is 18.1 Å². The number of likely N-dealkylation sites (tertiary alicyclic amines) is 1. The summed E-state index contributed by atoms with van der Waals surface area (Å²) in [6.07, 6.45) is 2.35. The van der Waals surface area contributed by atoms with Gasteiger partial charge in [0, 0.05) is 23.9 Å². The van der Waals surface area contributed by atoms with Gasteiger partial charge in [0.1, 0.15) is 5.82 Å². The summed E-state index contributed by atoms with van der Waals surface area (Å²) >= 11 is 1.40. The van der Waals surface area contributed by atoms with Crippen molar-refractivity contribution in [3.8, 4) is 11.7 Å². The second-order valence-electron chi connectivity index (χ2n) is 6.00. The lowest BCUT2D eigenvalue weighted by atomic mass is 10.1. The Kier molecular flexibility index (Phi) is 4.75. The number of aromatic nitrogens is 2. The first kappa shape index (κ1) is 16.8. The summed E-state index contributed by atoms with van der Waals surface area (Å²) < 4.78 is 23.4. The predicted molar refractivity (Wildman–Crippen MR) is 93.1 cm³/mol. The van der Waals surface area contributed by atoms with Crippen LogP contribution in [0.5, 0.6) is 0 Å². The average molecular weight is 373 g/mol. The molecule has 1 atom stereocenters. The molecule has 1 saturated heterocycles. The molecule has 0 unspecified atom stereocenters. The normalized spacial score (nSPS) is 17.0. The SMILES string of the molecule is O=C(CSc1ccc(F)cc1)N1CC[C@H](c2noc(-c3ccco3)n2)C1. The van der Waals surface area contributed by atoms with Gasteiger partial charge in [0.15, 0.2) is 11.6 Å². The molecule has 0 saturated carbocycles. The summed E-state index contributed by atoms with van der Waals surface area (Å²) in [5, 5.41) is 4.02. The molecule has 4 rings (SSSR count). The van der Waals surface area contributed by atoms with Gasteiger partial charge in [-0.25, -0.2) is 4.39 Å². The number of rotatable bonds is 5. The maximum atomic E-state index is 12.9. The molecular formula is C18H16FN3O3S. The molecule has 1 aromatic carbocycles. The summed E-state index contributed by atoms with van der Waals surface area (Å²) in [5.41, 5.74) is 0. The van der Waals surface area contributed by atoms with Gasteiger partial charge in [-0.3, -0.25) is 4.79 Å². The van der Waals surface area contributed by atoms with E-state index in [2.05, 4.69) is 10.1 Å². The van der Waals surface area contributed by atoms with Gasteiger partial charge in [-0.05, 0) is 42.8 Å². The highest BCUT2D eigenvalue weighted by Crippen LogP contribution is 2.28. The minimum atomic E-state index is -0.280. The molecule has 0 bridgehead atoms. The van der Waals surface area contributed by atoms with Crippen LogP contribution >= 0.6 is 11.8 Å². The maximum Gasteiger partial charge on any atom is 0.293 e. The van der Waals surface area contributed by atoms with Crippen LogP contribution in [-0.4, -0.2) is 39.8 Å². The second-order valence-corrected chi connectivity index (χ2v) is 7.05. The molecule has 1 amide bonds. The van der Waals surface area contributed by atoms with Gasteiger partial charge in [0.2, 0.25) is 5.91 Å². The fourth-order valence-corrected chi connectivity index (χ4v) is 3.67. The lowest BCUT2D eigenvalue weighted by molar-refractivity contribution is -0.127. The summed E-state index contributed by atoms with van der Waals surface area (Å²) in [6, 6.07) is 9.66. The zero-order valence-corrected chi connectivity index (χ0v) is 14.6. The smallest absolute Gasteiger partial charge is 0.293 e. The van der Waals surface area contributed by atoms with Crippen molar-refractivity contribution in [3.63, 3.8) is 0 Å². The number of thioether (sulfide) groups is 1. The minimum Gasteiger partial charge on any atom is -0.459 e. The summed E-state index contributed by atoms with van der Waals surface area (Å²) in [5.74, 6) is 1.63. The minimum absolute atomic E-state index is 0.0524. The standard InChI is InChI=1S/C18H16FN3O3S/c19-13-3-5-14(6-4-13)26-11-16(23)22-8-7-12(10-22)17-20-18(25-21-17)15-2-1-9-24-15/h1-6,9,12H,7-8,10-11H2/t12-/m0/s1. The van der Waals surface area contributed by atoms with Gasteiger partial charge < -0.3 is 13.8 Å². The van der Waals surface area contributed by atoms with E-state index in [4.69, 9.17) is 8.94 Å². The highest BCUT2D eigenvalue weighted by Gasteiger charge is 2.30. The monoisotopic (exact) mass is 373 g/mol. The Bertz CT molecular complexity index is 879. The number of benzene rings is 1. The van der Waals surface area contributed by atoms with Crippen molar-refractivity contribution >= 4 is 17.7 Å². The molecule has 0 aliphatic carbocycles. The van der Waals surface area contributed by atoms with Gasteiger partial charge >= 0.3 is 0 Å². The van der Waals surface area contributed by atoms with Crippen molar-refractivity contribution in [2.45, 2.75) is 17.2 Å². The van der Waals surface area contributed by atoms with Crippen LogP contribution in [0.15, 0.2) is 56.5 Å². The molecule has 26 heavy (non-hydrogen) atoms. The Labute approximate surface area is 153 Å². The zero-order chi connectivity index (χ0) is 17.9. The van der Waals surface area contributed by atoms with E-state index in [1.807, 2.05) is 4.90 Å². The molecule has 6 nitrogen and oxygen atoms in total. The fourth-order valence-electron chi connectivity index (χ4n) is 2.87. The van der Waals surface area contributed by atoms with E-state index in [0.29, 0.717) is 36.3 Å². The number of nitrogens with zero attached hydrogens (tertiary/aromatic N) is 3. The molecular weight excluding hydrogens is 357 g/mol. The topological polar surface area (TPSA) is 72.4 Å². The van der Waals surface area contributed by atoms with Crippen LogP contribution < -0.4 is 0 Å². The van der Waals surface area contributed by atoms with Crippen LogP contribution in [0.1, 0.15) is 18.2 Å². The summed E-state index contributed by atoms with van der Waals surface area (Å²) in [6.45, 7) is 1.23. The number of halogens is 1. The highest BCUT2D eigenvalue weighted by atomic mass is 32.2. The molecule has 3 aromatic rings. The second kappa shape index (κ2) is 7.33. The van der Waals surface area contributed by atoms with E-state index < -0.39 is 0 Å². The van der Waals surface area contributed by atoms with E-state index in [0.717, 1.165) is 11.3 Å². The van der Waals surface area contributed by atoms with Crippen molar-refractivity contribution in [2.75, 3.05) is 18.8 Å². The maximum absolute atomic E-state index is 12.9. The molecule has 0 N–H and O–H groups in total. The first-order valence-corrected chi connectivity index (χ1v) is 9.21. The lowest BCUT2D eigenvalue weighted by Gasteiger charge is -2.15. The van der Waals surface area contributed by atoms with Crippen LogP contribution in [-0.2, 0) is 4.79 Å². The Morgan fingerprint density at radius 3 is 2.92 bits per heavy atom. The van der Waals surface area contributed by atoms with E-state index in [1.165, 1.54) is 23.9 Å². The molecule has 134 valence electrons. The third-order valence-corrected chi connectivity index (χ3v) is 5.25. The van der Waals surface area contributed by atoms with E-state index in [9.17, 15) is 9.18 Å². The quantitative estimate of drug-likeness (QED) is 0.637. The first-order valence-electron chi connectivity index (χ1n) is 8.22. The Morgan fingerprint density at radius 2 is 2.15 bits per heavy atom. The highest BCUT2D eigenvalue weighted by molar-refractivity contribution is 8.00. The third-order valence-electron chi connectivity index (χ3n) is 4.26. The molecule has 1 fully saturated rings. The van der Waals surface area contributed by atoms with Crippen LogP contribution in [0, 0.1) is 5.82 Å².